The number of likely N-dealkylation sites (tertiary alicyclic amines) is 1. The van der Waals surface area contributed by atoms with Gasteiger partial charge in [-0.1, -0.05) is 29.8 Å². The van der Waals surface area contributed by atoms with Gasteiger partial charge in [0.1, 0.15) is 0 Å². The molecule has 0 saturated carbocycles. The zero-order valence-electron chi connectivity index (χ0n) is 12.3. The van der Waals surface area contributed by atoms with Crippen molar-refractivity contribution in [2.24, 2.45) is 5.92 Å². The number of rotatable bonds is 6. The van der Waals surface area contributed by atoms with E-state index in [-0.39, 0.29) is 5.97 Å². The number of hydrogen-bond donors (Lipinski definition) is 1. The summed E-state index contributed by atoms with van der Waals surface area (Å²) in [6.45, 7) is 4.51. The molecular formula is C16H22ClNO3. The number of carbonyl (C=O) groups excluding carboxylic acids is 1. The molecule has 2 atom stereocenters. The third kappa shape index (κ3) is 4.19. The predicted octanol–water partition coefficient (Wildman–Crippen LogP) is 2.65. The molecule has 1 aliphatic heterocycles. The molecule has 0 spiro atoms. The molecule has 1 aromatic rings. The molecule has 1 aliphatic rings. The van der Waals surface area contributed by atoms with Gasteiger partial charge in [-0.2, -0.15) is 0 Å². The topological polar surface area (TPSA) is 49.8 Å². The van der Waals surface area contributed by atoms with Gasteiger partial charge in [0.05, 0.1) is 18.6 Å². The third-order valence-corrected chi connectivity index (χ3v) is 4.19. The average molecular weight is 312 g/mol. The fourth-order valence-electron chi connectivity index (χ4n) is 2.73. The van der Waals surface area contributed by atoms with Crippen molar-refractivity contribution in [2.75, 3.05) is 26.2 Å². The number of esters is 1. The van der Waals surface area contributed by atoms with Crippen molar-refractivity contribution in [1.29, 1.82) is 0 Å². The van der Waals surface area contributed by atoms with Gasteiger partial charge in [0.25, 0.3) is 0 Å². The molecule has 0 aromatic heterocycles. The molecule has 21 heavy (non-hydrogen) atoms. The molecule has 0 unspecified atom stereocenters. The maximum atomic E-state index is 12.2. The monoisotopic (exact) mass is 311 g/mol. The van der Waals surface area contributed by atoms with E-state index in [0.29, 0.717) is 23.7 Å². The molecule has 116 valence electrons. The van der Waals surface area contributed by atoms with Crippen LogP contribution in [-0.4, -0.2) is 42.2 Å². The highest BCUT2D eigenvalue weighted by molar-refractivity contribution is 6.31. The zero-order valence-corrected chi connectivity index (χ0v) is 13.1. The van der Waals surface area contributed by atoms with Gasteiger partial charge in [-0.05, 0) is 38.9 Å². The summed E-state index contributed by atoms with van der Waals surface area (Å²) in [7, 11) is 0. The SMILES string of the molecule is CCOC(=O)[C@@H](CN1CCCC1)[C@@H](O)c1ccccc1Cl. The van der Waals surface area contributed by atoms with Crippen LogP contribution in [0.3, 0.4) is 0 Å². The van der Waals surface area contributed by atoms with Crippen molar-refractivity contribution < 1.29 is 14.6 Å². The van der Waals surface area contributed by atoms with E-state index < -0.39 is 12.0 Å². The molecule has 5 heteroatoms. The molecule has 2 rings (SSSR count). The van der Waals surface area contributed by atoms with Crippen molar-refractivity contribution >= 4 is 17.6 Å². The molecule has 0 aliphatic carbocycles. The Hall–Kier alpha value is -1.10. The van der Waals surface area contributed by atoms with Crippen LogP contribution in [0.1, 0.15) is 31.4 Å². The van der Waals surface area contributed by atoms with Crippen molar-refractivity contribution in [3.63, 3.8) is 0 Å². The van der Waals surface area contributed by atoms with E-state index >= 15 is 0 Å². The molecule has 4 nitrogen and oxygen atoms in total. The van der Waals surface area contributed by atoms with Gasteiger partial charge >= 0.3 is 5.97 Å². The van der Waals surface area contributed by atoms with Crippen LogP contribution in [0.25, 0.3) is 0 Å². The lowest BCUT2D eigenvalue weighted by molar-refractivity contribution is -0.153. The second-order valence-corrected chi connectivity index (χ2v) is 5.74. The van der Waals surface area contributed by atoms with E-state index in [1.54, 1.807) is 25.1 Å². The number of aliphatic hydroxyl groups is 1. The van der Waals surface area contributed by atoms with E-state index in [1.165, 1.54) is 0 Å². The first-order valence-electron chi connectivity index (χ1n) is 7.45. The molecule has 0 amide bonds. The van der Waals surface area contributed by atoms with Crippen molar-refractivity contribution in [2.45, 2.75) is 25.9 Å². The summed E-state index contributed by atoms with van der Waals surface area (Å²) in [5.74, 6) is -0.972. The van der Waals surface area contributed by atoms with Crippen LogP contribution in [0.4, 0.5) is 0 Å². The largest absolute Gasteiger partial charge is 0.466 e. The van der Waals surface area contributed by atoms with E-state index in [4.69, 9.17) is 16.3 Å². The molecule has 1 fully saturated rings. The summed E-state index contributed by atoms with van der Waals surface area (Å²) in [4.78, 5) is 14.4. The van der Waals surface area contributed by atoms with Crippen LogP contribution in [0.15, 0.2) is 24.3 Å². The van der Waals surface area contributed by atoms with Gasteiger partial charge in [0.15, 0.2) is 0 Å². The summed E-state index contributed by atoms with van der Waals surface area (Å²) in [6, 6.07) is 7.09. The Kier molecular flexibility index (Phi) is 6.03. The molecule has 0 bridgehead atoms. The molecule has 0 radical (unpaired) electrons. The Morgan fingerprint density at radius 3 is 2.67 bits per heavy atom. The van der Waals surface area contributed by atoms with Gasteiger partial charge in [-0.3, -0.25) is 4.79 Å². The maximum absolute atomic E-state index is 12.2. The van der Waals surface area contributed by atoms with Crippen LogP contribution < -0.4 is 0 Å². The zero-order chi connectivity index (χ0) is 15.2. The summed E-state index contributed by atoms with van der Waals surface area (Å²) >= 11 is 6.14. The maximum Gasteiger partial charge on any atom is 0.313 e. The normalized spacial score (nSPS) is 18.4. The standard InChI is InChI=1S/C16H22ClNO3/c1-2-21-16(20)13(11-18-9-5-6-10-18)15(19)12-7-3-4-8-14(12)17/h3-4,7-8,13,15,19H,2,5-6,9-11H2,1H3/t13-,15-/m0/s1. The van der Waals surface area contributed by atoms with Gasteiger partial charge in [-0.15, -0.1) is 0 Å². The van der Waals surface area contributed by atoms with Gasteiger partial charge in [0, 0.05) is 17.1 Å². The van der Waals surface area contributed by atoms with Crippen LogP contribution in [0.2, 0.25) is 5.02 Å². The minimum Gasteiger partial charge on any atom is -0.466 e. The highest BCUT2D eigenvalue weighted by Crippen LogP contribution is 2.30. The molecule has 1 N–H and O–H groups in total. The van der Waals surface area contributed by atoms with Crippen LogP contribution in [0.5, 0.6) is 0 Å². The quantitative estimate of drug-likeness (QED) is 0.821. The fraction of sp³-hybridized carbons (Fsp3) is 0.562. The summed E-state index contributed by atoms with van der Waals surface area (Å²) < 4.78 is 5.13. The number of benzene rings is 1. The Bertz CT molecular complexity index is 474. The number of hydrogen-bond acceptors (Lipinski definition) is 4. The lowest BCUT2D eigenvalue weighted by Crippen LogP contribution is -2.36. The Morgan fingerprint density at radius 2 is 2.05 bits per heavy atom. The third-order valence-electron chi connectivity index (χ3n) is 3.85. The second-order valence-electron chi connectivity index (χ2n) is 5.33. The molecule has 1 heterocycles. The first-order valence-corrected chi connectivity index (χ1v) is 7.82. The first kappa shape index (κ1) is 16.3. The van der Waals surface area contributed by atoms with E-state index in [9.17, 15) is 9.90 Å². The van der Waals surface area contributed by atoms with E-state index in [1.807, 2.05) is 6.07 Å². The Morgan fingerprint density at radius 1 is 1.38 bits per heavy atom. The first-order chi connectivity index (χ1) is 10.1. The number of nitrogens with zero attached hydrogens (tertiary/aromatic N) is 1. The van der Waals surface area contributed by atoms with Crippen molar-refractivity contribution in [3.8, 4) is 0 Å². The smallest absolute Gasteiger partial charge is 0.313 e. The van der Waals surface area contributed by atoms with E-state index in [2.05, 4.69) is 4.90 Å². The summed E-state index contributed by atoms with van der Waals surface area (Å²) in [5, 5.41) is 11.1. The van der Waals surface area contributed by atoms with Gasteiger partial charge in [-0.25, -0.2) is 0 Å². The number of halogens is 1. The van der Waals surface area contributed by atoms with Gasteiger partial charge in [0.2, 0.25) is 0 Å². The highest BCUT2D eigenvalue weighted by Gasteiger charge is 2.32. The lowest BCUT2D eigenvalue weighted by atomic mass is 9.95. The van der Waals surface area contributed by atoms with Crippen LogP contribution >= 0.6 is 11.6 Å². The minimum absolute atomic E-state index is 0.310. The van der Waals surface area contributed by atoms with Crippen molar-refractivity contribution in [1.82, 2.24) is 4.90 Å². The summed E-state index contributed by atoms with van der Waals surface area (Å²) in [5.41, 5.74) is 0.580. The van der Waals surface area contributed by atoms with Crippen LogP contribution in [-0.2, 0) is 9.53 Å². The van der Waals surface area contributed by atoms with E-state index in [0.717, 1.165) is 25.9 Å². The average Bonchev–Trinajstić information content (AvgIpc) is 2.98. The summed E-state index contributed by atoms with van der Waals surface area (Å²) in [6.07, 6.45) is 1.33. The van der Waals surface area contributed by atoms with Crippen LogP contribution in [0, 0.1) is 5.92 Å². The number of carbonyl (C=O) groups is 1. The number of aliphatic hydroxyl groups excluding tert-OH is 1. The molecule has 1 aromatic carbocycles. The van der Waals surface area contributed by atoms with Crippen molar-refractivity contribution in [3.05, 3.63) is 34.9 Å². The second kappa shape index (κ2) is 7.78. The Labute approximate surface area is 130 Å². The predicted molar refractivity (Wildman–Crippen MR) is 82.2 cm³/mol. The number of ether oxygens (including phenoxy) is 1. The van der Waals surface area contributed by atoms with Gasteiger partial charge < -0.3 is 14.7 Å². The molecular weight excluding hydrogens is 290 g/mol. The Balaban J connectivity index is 2.16. The highest BCUT2D eigenvalue weighted by atomic mass is 35.5. The minimum atomic E-state index is -0.946. The molecule has 1 saturated heterocycles. The lowest BCUT2D eigenvalue weighted by Gasteiger charge is -2.26. The fourth-order valence-corrected chi connectivity index (χ4v) is 2.98.